The number of benzene rings is 8. The standard InChI is InChI=1S/C41H48O5P.C31H30O4P.2BrH/c1-34(42)46-39-29-27-35(33-40(39)44-2)28-30-41(43)45-31-19-8-6-4-3-5-7-9-20-32-47(36-21-13-10-14-22-36,37-23-15-11-16-24-37)38-25-17-12-18-26-38;1-24(32)35-30-21-20-25(23-31(30)34-2)29(33)19-12-22-36(26-13-6-3-7-14-26,27-15-8-4-9-16-27)28-17-10-5-11-18-28;;/h10-18,21-30,33H,3-9,19-20,31-32H2,1-2H3;3-11,13-18,20-21,23H,12,19,22H2,1-2H3;2*1H/q2*+1;;/p-2. The normalized spacial score (nSPS) is 11.0. The second-order valence-corrected chi connectivity index (χ2v) is 27.5. The fourth-order valence-electron chi connectivity index (χ4n) is 10.6. The van der Waals surface area contributed by atoms with E-state index in [9.17, 15) is 19.2 Å². The molecule has 0 aliphatic rings. The first-order valence-corrected chi connectivity index (χ1v) is 32.7. The molecular weight excluding hydrogens is 1230 g/mol. The molecule has 0 aliphatic heterocycles. The lowest BCUT2D eigenvalue weighted by Gasteiger charge is -2.27. The van der Waals surface area contributed by atoms with Crippen LogP contribution in [0.2, 0.25) is 0 Å². The van der Waals surface area contributed by atoms with Gasteiger partial charge in [-0.3, -0.25) is 14.4 Å². The summed E-state index contributed by atoms with van der Waals surface area (Å²) in [6, 6.07) is 75.5. The SMILES string of the molecule is COc1cc(C(=O)CCC[P+](c2ccccc2)(c2ccccc2)c2ccccc2)ccc1OC(C)=O.COc1cc(C=CC(=O)OCCCCCCCCCCC[P+](c2ccccc2)(c2ccccc2)c2ccccc2)ccc1OC(C)=O.[Br-].[Br-]. The zero-order chi connectivity index (χ0) is 58.5. The minimum atomic E-state index is -1.97. The predicted octanol–water partition coefficient (Wildman–Crippen LogP) is 8.27. The molecule has 0 bridgehead atoms. The van der Waals surface area contributed by atoms with E-state index in [-0.39, 0.29) is 45.7 Å². The first-order chi connectivity index (χ1) is 40.6. The monoisotopic (exact) mass is 1310 g/mol. The Hall–Kier alpha value is -7.00. The summed E-state index contributed by atoms with van der Waals surface area (Å²) in [4.78, 5) is 47.9. The number of hydrogen-bond donors (Lipinski definition) is 0. The van der Waals surface area contributed by atoms with Gasteiger partial charge in [0.05, 0.1) is 33.2 Å². The van der Waals surface area contributed by atoms with Crippen LogP contribution in [-0.4, -0.2) is 56.8 Å². The molecule has 0 unspecified atom stereocenters. The van der Waals surface area contributed by atoms with Crippen LogP contribution in [0, 0.1) is 0 Å². The van der Waals surface area contributed by atoms with Crippen molar-refractivity contribution in [3.8, 4) is 23.0 Å². The number of hydrogen-bond acceptors (Lipinski definition) is 9. The van der Waals surface area contributed by atoms with Crippen molar-refractivity contribution in [3.63, 3.8) is 0 Å². The maximum Gasteiger partial charge on any atom is 0.330 e. The van der Waals surface area contributed by atoms with Gasteiger partial charge in [0.15, 0.2) is 28.8 Å². The first-order valence-electron chi connectivity index (χ1n) is 28.8. The molecule has 0 aromatic heterocycles. The summed E-state index contributed by atoms with van der Waals surface area (Å²) in [5.74, 6) is 0.258. The van der Waals surface area contributed by atoms with Crippen LogP contribution in [0.25, 0.3) is 6.08 Å². The Labute approximate surface area is 525 Å². The molecule has 8 rings (SSSR count). The molecule has 0 spiro atoms. The highest BCUT2D eigenvalue weighted by Crippen LogP contribution is 2.57. The van der Waals surface area contributed by atoms with E-state index < -0.39 is 26.5 Å². The maximum atomic E-state index is 13.2. The fraction of sp³-hybridized carbons (Fsp3) is 0.250. The van der Waals surface area contributed by atoms with Gasteiger partial charge in [-0.05, 0) is 140 Å². The van der Waals surface area contributed by atoms with E-state index in [0.717, 1.165) is 37.4 Å². The average molecular weight is 1310 g/mol. The van der Waals surface area contributed by atoms with Crippen molar-refractivity contribution in [2.75, 3.05) is 33.2 Å². The minimum Gasteiger partial charge on any atom is -1.00 e. The molecule has 85 heavy (non-hydrogen) atoms. The zero-order valence-corrected chi connectivity index (χ0v) is 54.1. The van der Waals surface area contributed by atoms with E-state index in [0.29, 0.717) is 41.6 Å². The quantitative estimate of drug-likeness (QED) is 0.0114. The fourth-order valence-corrected chi connectivity index (χ4v) is 19.3. The van der Waals surface area contributed by atoms with Gasteiger partial charge >= 0.3 is 17.9 Å². The second-order valence-electron chi connectivity index (χ2n) is 20.3. The molecule has 8 aromatic carbocycles. The Morgan fingerprint density at radius 2 is 0.729 bits per heavy atom. The molecule has 0 N–H and O–H groups in total. The van der Waals surface area contributed by atoms with Gasteiger partial charge in [-0.2, -0.15) is 0 Å². The highest BCUT2D eigenvalue weighted by Gasteiger charge is 2.46. The number of ketones is 1. The van der Waals surface area contributed by atoms with Gasteiger partial charge in [0.25, 0.3) is 0 Å². The molecule has 0 heterocycles. The van der Waals surface area contributed by atoms with Crippen LogP contribution in [0.4, 0.5) is 0 Å². The smallest absolute Gasteiger partial charge is 0.330 e. The van der Waals surface area contributed by atoms with Crippen molar-refractivity contribution in [2.24, 2.45) is 0 Å². The van der Waals surface area contributed by atoms with Crippen molar-refractivity contribution >= 4 is 76.1 Å². The van der Waals surface area contributed by atoms with Gasteiger partial charge in [-0.15, -0.1) is 0 Å². The summed E-state index contributed by atoms with van der Waals surface area (Å²) in [7, 11) is -0.706. The molecule has 0 radical (unpaired) electrons. The lowest BCUT2D eigenvalue weighted by Crippen LogP contribution is -3.00. The number of esters is 3. The van der Waals surface area contributed by atoms with Gasteiger partial charge in [0.2, 0.25) is 0 Å². The molecule has 0 saturated heterocycles. The van der Waals surface area contributed by atoms with Crippen molar-refractivity contribution < 1.29 is 76.8 Å². The van der Waals surface area contributed by atoms with Gasteiger partial charge in [-0.25, -0.2) is 4.79 Å². The second kappa shape index (κ2) is 36.8. The number of ether oxygens (including phenoxy) is 5. The van der Waals surface area contributed by atoms with Crippen LogP contribution in [0.5, 0.6) is 23.0 Å². The van der Waals surface area contributed by atoms with Crippen LogP contribution in [0.1, 0.15) is 100 Å². The predicted molar refractivity (Wildman–Crippen MR) is 344 cm³/mol. The molecule has 0 fully saturated rings. The van der Waals surface area contributed by atoms with Crippen LogP contribution in [0.3, 0.4) is 0 Å². The number of carbonyl (C=O) groups is 4. The third-order valence-electron chi connectivity index (χ3n) is 14.6. The van der Waals surface area contributed by atoms with E-state index in [4.69, 9.17) is 23.7 Å². The van der Waals surface area contributed by atoms with Crippen LogP contribution in [0.15, 0.2) is 224 Å². The number of carbonyl (C=O) groups excluding carboxylic acids is 4. The van der Waals surface area contributed by atoms with Crippen LogP contribution in [-0.2, 0) is 19.1 Å². The van der Waals surface area contributed by atoms with Gasteiger partial charge < -0.3 is 57.6 Å². The molecule has 0 saturated carbocycles. The van der Waals surface area contributed by atoms with E-state index >= 15 is 0 Å². The van der Waals surface area contributed by atoms with Gasteiger partial charge in [0.1, 0.15) is 46.4 Å². The summed E-state index contributed by atoms with van der Waals surface area (Å²) in [5.41, 5.74) is 1.30. The molecular formula is C72H78Br2O9P2. The summed E-state index contributed by atoms with van der Waals surface area (Å²) in [6.07, 6.45) is 16.8. The highest BCUT2D eigenvalue weighted by atomic mass is 79.9. The topological polar surface area (TPSA) is 114 Å². The van der Waals surface area contributed by atoms with Crippen molar-refractivity contribution in [1.82, 2.24) is 0 Å². The number of methoxy groups -OCH3 is 2. The number of unbranched alkanes of at least 4 members (excludes halogenated alkanes) is 8. The van der Waals surface area contributed by atoms with E-state index in [1.165, 1.54) is 111 Å². The zero-order valence-electron chi connectivity index (χ0n) is 49.2. The molecule has 0 amide bonds. The third-order valence-corrected chi connectivity index (χ3v) is 23.6. The Morgan fingerprint density at radius 3 is 1.11 bits per heavy atom. The molecule has 0 aliphatic carbocycles. The van der Waals surface area contributed by atoms with Crippen molar-refractivity contribution in [3.05, 3.63) is 236 Å². The van der Waals surface area contributed by atoms with Crippen LogP contribution < -0.4 is 84.7 Å². The highest BCUT2D eigenvalue weighted by molar-refractivity contribution is 7.96. The first kappa shape index (κ1) is 68.8. The number of Topliss-reactive ketones (excluding diaryl/α,β-unsaturated/α-hetero) is 1. The average Bonchev–Trinajstić information content (AvgIpc) is 2.97. The van der Waals surface area contributed by atoms with Gasteiger partial charge in [-0.1, -0.05) is 154 Å². The van der Waals surface area contributed by atoms with E-state index in [1.54, 1.807) is 42.5 Å². The largest absolute Gasteiger partial charge is 1.00 e. The lowest BCUT2D eigenvalue weighted by molar-refractivity contribution is -0.138. The molecule has 13 heteroatoms. The third kappa shape index (κ3) is 20.0. The van der Waals surface area contributed by atoms with Crippen molar-refractivity contribution in [2.45, 2.75) is 84.5 Å². The molecule has 0 atom stereocenters. The Morgan fingerprint density at radius 1 is 0.388 bits per heavy atom. The van der Waals surface area contributed by atoms with Gasteiger partial charge in [0, 0.05) is 31.9 Å². The van der Waals surface area contributed by atoms with E-state index in [1.807, 2.05) is 18.2 Å². The maximum absolute atomic E-state index is 13.2. The number of halogens is 2. The minimum absolute atomic E-state index is 0. The molecule has 8 aromatic rings. The Bertz CT molecular complexity index is 3100. The number of rotatable bonds is 29. The summed E-state index contributed by atoms with van der Waals surface area (Å²) in [5, 5.41) is 8.32. The molecule has 9 nitrogen and oxygen atoms in total. The Balaban J connectivity index is 0.000000313. The van der Waals surface area contributed by atoms with Crippen LogP contribution >= 0.6 is 14.5 Å². The Kier molecular flexibility index (Phi) is 29.7. The lowest BCUT2D eigenvalue weighted by atomic mass is 10.1. The summed E-state index contributed by atoms with van der Waals surface area (Å²) < 4.78 is 26.3. The molecule has 444 valence electrons. The van der Waals surface area contributed by atoms with E-state index in [2.05, 4.69) is 164 Å². The summed E-state index contributed by atoms with van der Waals surface area (Å²) in [6.45, 7) is 3.09. The summed E-state index contributed by atoms with van der Waals surface area (Å²) >= 11 is 0. The van der Waals surface area contributed by atoms with Crippen molar-refractivity contribution in [1.29, 1.82) is 0 Å².